The number of amides is 2. The summed E-state index contributed by atoms with van der Waals surface area (Å²) in [6, 6.07) is 1.75. The summed E-state index contributed by atoms with van der Waals surface area (Å²) in [7, 11) is 0. The van der Waals surface area contributed by atoms with Crippen molar-refractivity contribution in [2.24, 2.45) is 0 Å². The summed E-state index contributed by atoms with van der Waals surface area (Å²) in [5, 5.41) is 0.800. The molecule has 194 valence electrons. The molecule has 5 heterocycles. The minimum Gasteiger partial charge on any atom is -0.444 e. The molecule has 2 unspecified atom stereocenters. The van der Waals surface area contributed by atoms with E-state index < -0.39 is 28.9 Å². The van der Waals surface area contributed by atoms with Gasteiger partial charge in [0.1, 0.15) is 5.60 Å². The molecule has 2 aromatic heterocycles. The molecular weight excluding hydrogens is 495 g/mol. The van der Waals surface area contributed by atoms with Gasteiger partial charge in [0.25, 0.3) is 5.91 Å². The van der Waals surface area contributed by atoms with E-state index in [-0.39, 0.29) is 31.3 Å². The van der Waals surface area contributed by atoms with Gasteiger partial charge in [0.15, 0.2) is 5.13 Å². The summed E-state index contributed by atoms with van der Waals surface area (Å²) in [4.78, 5) is 39.3. The number of ether oxygens (including phenoxy) is 1. The van der Waals surface area contributed by atoms with Gasteiger partial charge in [-0.25, -0.2) is 14.8 Å². The first-order valence-corrected chi connectivity index (χ1v) is 12.8. The molecule has 5 rings (SSSR count). The highest BCUT2D eigenvalue weighted by Crippen LogP contribution is 2.40. The first-order chi connectivity index (χ1) is 16.9. The van der Waals surface area contributed by atoms with Crippen LogP contribution in [-0.2, 0) is 28.4 Å². The molecule has 0 N–H and O–H groups in total. The number of alkyl halides is 2. The summed E-state index contributed by atoms with van der Waals surface area (Å²) >= 11 is 1.41. The lowest BCUT2D eigenvalue weighted by atomic mass is 10.1. The maximum atomic E-state index is 14.9. The zero-order valence-electron chi connectivity index (χ0n) is 20.3. The van der Waals surface area contributed by atoms with E-state index in [1.807, 2.05) is 20.8 Å². The van der Waals surface area contributed by atoms with Gasteiger partial charge in [-0.05, 0) is 39.7 Å². The van der Waals surface area contributed by atoms with Crippen LogP contribution in [0.2, 0.25) is 0 Å². The Labute approximate surface area is 211 Å². The van der Waals surface area contributed by atoms with Crippen molar-refractivity contribution in [2.75, 3.05) is 24.5 Å². The molecule has 3 aliphatic rings. The van der Waals surface area contributed by atoms with Crippen LogP contribution in [0.25, 0.3) is 0 Å². The molecule has 2 atom stereocenters. The molecule has 2 saturated heterocycles. The normalized spacial score (nSPS) is 22.0. The Morgan fingerprint density at radius 2 is 1.83 bits per heavy atom. The molecule has 0 aromatic carbocycles. The number of carbonyl (C=O) groups is 2. The van der Waals surface area contributed by atoms with Crippen LogP contribution in [-0.4, -0.2) is 69.1 Å². The number of carbonyl (C=O) groups excluding carboxylic acids is 2. The van der Waals surface area contributed by atoms with Crippen LogP contribution >= 0.6 is 11.3 Å². The van der Waals surface area contributed by atoms with Crippen LogP contribution in [0.4, 0.5) is 23.1 Å². The summed E-state index contributed by atoms with van der Waals surface area (Å²) in [5.74, 6) is -6.28. The van der Waals surface area contributed by atoms with Crippen molar-refractivity contribution in [3.05, 3.63) is 40.4 Å². The standard InChI is InChI=1S/C24H28F3N5O3S/c1-23(2,3)35-22(34)31-11-15-4-5-16(12-31)32(15)21-29-17-7-9-30(13-18(17)36-21)20(33)24(26,27)14-6-8-28-19(25)10-14/h6,8,10,15-16H,4-5,7,9,11-13H2,1-3H3. The number of aromatic nitrogens is 2. The van der Waals surface area contributed by atoms with Gasteiger partial charge in [0, 0.05) is 60.8 Å². The number of hydrogen-bond acceptors (Lipinski definition) is 7. The zero-order chi connectivity index (χ0) is 25.8. The number of likely N-dealkylation sites (tertiary alicyclic amines) is 1. The Kier molecular flexibility index (Phi) is 6.12. The van der Waals surface area contributed by atoms with Crippen molar-refractivity contribution in [2.45, 2.75) is 70.2 Å². The number of anilines is 1. The van der Waals surface area contributed by atoms with Gasteiger partial charge >= 0.3 is 12.0 Å². The minimum atomic E-state index is -3.86. The number of pyridine rings is 1. The van der Waals surface area contributed by atoms with E-state index in [1.54, 1.807) is 4.90 Å². The van der Waals surface area contributed by atoms with Gasteiger partial charge in [-0.15, -0.1) is 0 Å². The second-order valence-corrected chi connectivity index (χ2v) is 11.5. The average Bonchev–Trinajstić information content (AvgIpc) is 3.33. The lowest BCUT2D eigenvalue weighted by molar-refractivity contribution is -0.160. The third-order valence-corrected chi connectivity index (χ3v) is 7.82. The number of fused-ring (bicyclic) bond motifs is 3. The van der Waals surface area contributed by atoms with Gasteiger partial charge in [0.05, 0.1) is 12.2 Å². The quantitative estimate of drug-likeness (QED) is 0.567. The molecule has 2 amide bonds. The van der Waals surface area contributed by atoms with Crippen molar-refractivity contribution >= 4 is 28.5 Å². The molecule has 8 nitrogen and oxygen atoms in total. The van der Waals surface area contributed by atoms with Crippen LogP contribution in [0.3, 0.4) is 0 Å². The highest BCUT2D eigenvalue weighted by Gasteiger charge is 2.47. The predicted molar refractivity (Wildman–Crippen MR) is 126 cm³/mol. The highest BCUT2D eigenvalue weighted by molar-refractivity contribution is 7.15. The highest BCUT2D eigenvalue weighted by atomic mass is 32.1. The first-order valence-electron chi connectivity index (χ1n) is 12.0. The molecule has 2 bridgehead atoms. The Balaban J connectivity index is 1.29. The largest absolute Gasteiger partial charge is 0.444 e. The fourth-order valence-electron chi connectivity index (χ4n) is 5.08. The Morgan fingerprint density at radius 3 is 2.47 bits per heavy atom. The third-order valence-electron chi connectivity index (χ3n) is 6.72. The van der Waals surface area contributed by atoms with Crippen LogP contribution in [0, 0.1) is 5.95 Å². The molecule has 0 radical (unpaired) electrons. The SMILES string of the molecule is CC(C)(C)OC(=O)N1CC2CCC(C1)N2c1nc2c(s1)CN(C(=O)C(F)(F)c1ccnc(F)c1)CC2. The maximum Gasteiger partial charge on any atom is 0.410 e. The summed E-state index contributed by atoms with van der Waals surface area (Å²) in [5.41, 5.74) is -0.464. The fraction of sp³-hybridized carbons (Fsp3) is 0.583. The average molecular weight is 524 g/mol. The lowest BCUT2D eigenvalue weighted by Crippen LogP contribution is -2.56. The summed E-state index contributed by atoms with van der Waals surface area (Å²) in [6.07, 6.45) is 2.82. The molecule has 2 aromatic rings. The van der Waals surface area contributed by atoms with Gasteiger partial charge in [-0.1, -0.05) is 11.3 Å². The molecule has 3 aliphatic heterocycles. The molecule has 0 spiro atoms. The van der Waals surface area contributed by atoms with E-state index in [0.717, 1.165) is 45.7 Å². The fourth-order valence-corrected chi connectivity index (χ4v) is 6.34. The zero-order valence-corrected chi connectivity index (χ0v) is 21.2. The van der Waals surface area contributed by atoms with E-state index in [4.69, 9.17) is 9.72 Å². The first kappa shape index (κ1) is 24.8. The predicted octanol–water partition coefficient (Wildman–Crippen LogP) is 3.94. The monoisotopic (exact) mass is 523 g/mol. The smallest absolute Gasteiger partial charge is 0.410 e. The molecule has 36 heavy (non-hydrogen) atoms. The topological polar surface area (TPSA) is 78.9 Å². The Bertz CT molecular complexity index is 1170. The van der Waals surface area contributed by atoms with Crippen molar-refractivity contribution in [1.29, 1.82) is 0 Å². The number of nitrogens with zero attached hydrogens (tertiary/aromatic N) is 5. The third kappa shape index (κ3) is 4.62. The number of halogens is 3. The number of hydrogen-bond donors (Lipinski definition) is 0. The van der Waals surface area contributed by atoms with Gasteiger partial charge in [0.2, 0.25) is 5.95 Å². The van der Waals surface area contributed by atoms with Crippen molar-refractivity contribution in [1.82, 2.24) is 19.8 Å². The van der Waals surface area contributed by atoms with E-state index in [1.165, 1.54) is 11.3 Å². The van der Waals surface area contributed by atoms with Crippen LogP contribution in [0.15, 0.2) is 18.3 Å². The van der Waals surface area contributed by atoms with Gasteiger partial charge < -0.3 is 19.4 Å². The second kappa shape index (κ2) is 8.89. The van der Waals surface area contributed by atoms with E-state index >= 15 is 0 Å². The van der Waals surface area contributed by atoms with E-state index in [9.17, 15) is 22.8 Å². The Morgan fingerprint density at radius 1 is 1.14 bits per heavy atom. The van der Waals surface area contributed by atoms with Crippen molar-refractivity contribution in [3.8, 4) is 0 Å². The summed E-state index contributed by atoms with van der Waals surface area (Å²) in [6.45, 7) is 6.74. The molecule has 0 aliphatic carbocycles. The molecule has 0 saturated carbocycles. The summed E-state index contributed by atoms with van der Waals surface area (Å²) < 4.78 is 48.6. The Hall–Kier alpha value is -2.89. The number of piperazine rings is 1. The van der Waals surface area contributed by atoms with Crippen LogP contribution < -0.4 is 4.90 Å². The van der Waals surface area contributed by atoms with E-state index in [0.29, 0.717) is 25.6 Å². The molecule has 12 heteroatoms. The second-order valence-electron chi connectivity index (χ2n) is 10.5. The maximum absolute atomic E-state index is 14.9. The molecular formula is C24H28F3N5O3S. The van der Waals surface area contributed by atoms with Crippen molar-refractivity contribution in [3.63, 3.8) is 0 Å². The van der Waals surface area contributed by atoms with Crippen LogP contribution in [0.5, 0.6) is 0 Å². The van der Waals surface area contributed by atoms with Crippen LogP contribution in [0.1, 0.15) is 49.7 Å². The number of thiazole rings is 1. The van der Waals surface area contributed by atoms with Gasteiger partial charge in [-0.2, -0.15) is 13.2 Å². The van der Waals surface area contributed by atoms with Gasteiger partial charge in [-0.3, -0.25) is 4.79 Å². The molecule has 2 fully saturated rings. The van der Waals surface area contributed by atoms with E-state index in [2.05, 4.69) is 9.88 Å². The minimum absolute atomic E-state index is 0.0300. The lowest BCUT2D eigenvalue weighted by Gasteiger charge is -2.41. The van der Waals surface area contributed by atoms with Crippen molar-refractivity contribution < 1.29 is 27.5 Å². The number of rotatable bonds is 3.